The van der Waals surface area contributed by atoms with Gasteiger partial charge in [-0.25, -0.2) is 4.98 Å². The van der Waals surface area contributed by atoms with Crippen molar-refractivity contribution in [3.05, 3.63) is 230 Å². The number of anilines is 4. The molecular weight excluding hydrogens is 880 g/mol. The van der Waals surface area contributed by atoms with E-state index >= 15 is 0 Å². The van der Waals surface area contributed by atoms with Crippen molar-refractivity contribution in [1.29, 1.82) is 0 Å². The summed E-state index contributed by atoms with van der Waals surface area (Å²) >= 11 is 0. The molecular formula is C64H45BN6O. The van der Waals surface area contributed by atoms with Crippen LogP contribution in [0.15, 0.2) is 219 Å². The smallest absolute Gasteiger partial charge is 0.420 e. The molecule has 0 N–H and O–H groups in total. The Bertz CT molecular complexity index is 4150. The summed E-state index contributed by atoms with van der Waals surface area (Å²) in [5, 5.41) is 2.31. The highest BCUT2D eigenvalue weighted by Gasteiger charge is 2.51. The van der Waals surface area contributed by atoms with Gasteiger partial charge in [0.05, 0.1) is 39.3 Å². The van der Waals surface area contributed by atoms with Crippen LogP contribution in [-0.4, -0.2) is 21.1 Å². The molecule has 72 heavy (non-hydrogen) atoms. The van der Waals surface area contributed by atoms with Crippen LogP contribution >= 0.6 is 0 Å². The predicted octanol–water partition coefficient (Wildman–Crippen LogP) is 14.6. The van der Waals surface area contributed by atoms with Gasteiger partial charge in [0.2, 0.25) is 0 Å². The Morgan fingerprint density at radius 3 is 1.96 bits per heavy atom. The number of rotatable bonds is 6. The van der Waals surface area contributed by atoms with Crippen molar-refractivity contribution in [2.24, 2.45) is 0 Å². The van der Waals surface area contributed by atoms with E-state index in [-0.39, 0.29) is 12.4 Å². The number of hydrogen-bond donors (Lipinski definition) is 0. The zero-order chi connectivity index (χ0) is 47.8. The lowest BCUT2D eigenvalue weighted by Crippen LogP contribution is -2.56. The van der Waals surface area contributed by atoms with Crippen molar-refractivity contribution in [1.82, 2.24) is 14.1 Å². The molecule has 7 nitrogen and oxygen atoms in total. The first kappa shape index (κ1) is 40.7. The van der Waals surface area contributed by atoms with E-state index in [1.807, 2.05) is 6.20 Å². The Morgan fingerprint density at radius 1 is 0.514 bits per heavy atom. The second-order valence-corrected chi connectivity index (χ2v) is 20.2. The number of nitrogens with zero attached hydrogens (tertiary/aromatic N) is 6. The topological polar surface area (TPSA) is 42.3 Å². The molecule has 3 aliphatic rings. The maximum atomic E-state index is 7.23. The SMILES string of the molecule is CC(C)(C)c1ccnc(-n2c3ccccc3c3ccc(Oc4cc5c6c(c4)-n4[c-][n+](-c7c(-c8ccccc8)cccc7-c7ccccc7)c7cccc(c74)N6B4c6ccccc6-c6ccccc6N45)cc32)c1. The van der Waals surface area contributed by atoms with Crippen molar-refractivity contribution >= 4 is 68.0 Å². The third-order valence-electron chi connectivity index (χ3n) is 15.0. The van der Waals surface area contributed by atoms with E-state index in [2.05, 4.69) is 263 Å². The van der Waals surface area contributed by atoms with Crippen LogP contribution in [0.5, 0.6) is 11.5 Å². The molecule has 8 heteroatoms. The van der Waals surface area contributed by atoms with Gasteiger partial charge in [0, 0.05) is 46.0 Å². The number of ether oxygens (including phenoxy) is 1. The minimum atomic E-state index is -0.164. The summed E-state index contributed by atoms with van der Waals surface area (Å²) in [5.74, 6) is 2.34. The molecule has 0 radical (unpaired) electrons. The third kappa shape index (κ3) is 5.86. The molecule has 0 bridgehead atoms. The van der Waals surface area contributed by atoms with Gasteiger partial charge in [0.1, 0.15) is 22.8 Å². The highest BCUT2D eigenvalue weighted by Crippen LogP contribution is 2.58. The first-order valence-electron chi connectivity index (χ1n) is 24.7. The van der Waals surface area contributed by atoms with E-state index < -0.39 is 0 Å². The molecule has 0 atom stereocenters. The van der Waals surface area contributed by atoms with Gasteiger partial charge in [0.15, 0.2) is 0 Å². The maximum Gasteiger partial charge on any atom is 0.420 e. The van der Waals surface area contributed by atoms with E-state index in [1.54, 1.807) is 0 Å². The summed E-state index contributed by atoms with van der Waals surface area (Å²) in [7, 11) is 0. The van der Waals surface area contributed by atoms with Gasteiger partial charge in [-0.2, -0.15) is 0 Å². The lowest BCUT2D eigenvalue weighted by molar-refractivity contribution is -0.571. The quantitative estimate of drug-likeness (QED) is 0.0947. The average Bonchev–Trinajstić information content (AvgIpc) is 4.10. The van der Waals surface area contributed by atoms with Crippen LogP contribution in [0.2, 0.25) is 0 Å². The number of aromatic nitrogens is 4. The largest absolute Gasteiger partial charge is 0.458 e. The van der Waals surface area contributed by atoms with Crippen LogP contribution in [0, 0.1) is 6.33 Å². The molecule has 0 amide bonds. The van der Waals surface area contributed by atoms with E-state index in [0.29, 0.717) is 0 Å². The Balaban J connectivity index is 0.977. The van der Waals surface area contributed by atoms with Crippen LogP contribution in [0.4, 0.5) is 22.7 Å². The molecule has 3 aromatic heterocycles. The molecule has 0 spiro atoms. The lowest BCUT2D eigenvalue weighted by Gasteiger charge is -2.37. The number of imidazole rings is 1. The van der Waals surface area contributed by atoms with Crippen LogP contribution in [0.3, 0.4) is 0 Å². The van der Waals surface area contributed by atoms with E-state index in [1.165, 1.54) is 27.5 Å². The summed E-state index contributed by atoms with van der Waals surface area (Å²) < 4.78 is 14.1. The van der Waals surface area contributed by atoms with E-state index in [4.69, 9.17) is 9.72 Å². The molecule has 15 rings (SSSR count). The molecule has 6 heterocycles. The third-order valence-corrected chi connectivity index (χ3v) is 15.0. The van der Waals surface area contributed by atoms with E-state index in [9.17, 15) is 0 Å². The average molecular weight is 925 g/mol. The molecule has 0 fully saturated rings. The molecule has 9 aromatic carbocycles. The van der Waals surface area contributed by atoms with Gasteiger partial charge in [-0.1, -0.05) is 172 Å². The molecule has 340 valence electrons. The highest BCUT2D eigenvalue weighted by molar-refractivity contribution is 6.86. The zero-order valence-electron chi connectivity index (χ0n) is 40.0. The van der Waals surface area contributed by atoms with Crippen LogP contribution < -0.4 is 24.4 Å². The molecule has 12 aromatic rings. The maximum absolute atomic E-state index is 7.23. The number of fused-ring (bicyclic) bond motifs is 13. The number of pyridine rings is 1. The van der Waals surface area contributed by atoms with Crippen molar-refractivity contribution in [2.75, 3.05) is 9.62 Å². The van der Waals surface area contributed by atoms with Gasteiger partial charge in [-0.3, -0.25) is 13.7 Å². The fourth-order valence-electron chi connectivity index (χ4n) is 11.8. The zero-order valence-corrected chi connectivity index (χ0v) is 40.0. The van der Waals surface area contributed by atoms with Gasteiger partial charge in [0.25, 0.3) is 6.33 Å². The van der Waals surface area contributed by atoms with Gasteiger partial charge in [-0.15, -0.1) is 0 Å². The minimum absolute atomic E-state index is 0.0396. The summed E-state index contributed by atoms with van der Waals surface area (Å²) in [4.78, 5) is 10.1. The van der Waals surface area contributed by atoms with E-state index in [0.717, 1.165) is 101 Å². The Hall–Kier alpha value is -9.14. The van der Waals surface area contributed by atoms with Crippen LogP contribution in [0.25, 0.3) is 83.4 Å². The fourth-order valence-corrected chi connectivity index (χ4v) is 11.8. The lowest BCUT2D eigenvalue weighted by atomic mass is 9.59. The van der Waals surface area contributed by atoms with Crippen molar-refractivity contribution in [2.45, 2.75) is 26.2 Å². The summed E-state index contributed by atoms with van der Waals surface area (Å²) in [6, 6.07) is 76.4. The Labute approximate surface area is 417 Å². The molecule has 0 saturated carbocycles. The summed E-state index contributed by atoms with van der Waals surface area (Å²) in [5.41, 5.74) is 20.2. The summed E-state index contributed by atoms with van der Waals surface area (Å²) in [6.07, 6.45) is 5.94. The van der Waals surface area contributed by atoms with Gasteiger partial charge >= 0.3 is 6.98 Å². The van der Waals surface area contributed by atoms with Gasteiger partial charge < -0.3 is 14.4 Å². The van der Waals surface area contributed by atoms with Gasteiger partial charge in [-0.05, 0) is 92.8 Å². The molecule has 0 aliphatic carbocycles. The van der Waals surface area contributed by atoms with Crippen molar-refractivity contribution in [3.63, 3.8) is 0 Å². The minimum Gasteiger partial charge on any atom is -0.458 e. The second-order valence-electron chi connectivity index (χ2n) is 20.2. The monoisotopic (exact) mass is 924 g/mol. The molecule has 0 saturated heterocycles. The van der Waals surface area contributed by atoms with Crippen molar-refractivity contribution in [3.8, 4) is 62.1 Å². The van der Waals surface area contributed by atoms with Crippen LogP contribution in [0.1, 0.15) is 26.3 Å². The first-order chi connectivity index (χ1) is 35.4. The normalized spacial score (nSPS) is 13.1. The number of hydrogen-bond acceptors (Lipinski definition) is 4. The highest BCUT2D eigenvalue weighted by atomic mass is 16.5. The summed E-state index contributed by atoms with van der Waals surface area (Å²) in [6.45, 7) is 6.58. The Morgan fingerprint density at radius 2 is 1.17 bits per heavy atom. The first-order valence-corrected chi connectivity index (χ1v) is 24.7. The number of para-hydroxylation sites is 4. The Kier molecular flexibility index (Phi) is 8.59. The fraction of sp³-hybridized carbons (Fsp3) is 0.0625. The standard InChI is InChI=1S/C64H45BN6O/c1-64(2,3)43-34-35-66-60(36-43)69-53-28-14-11-24-50(53)51-33-32-44(37-57(51)69)72-45-38-58-63-59(39-45)70-54-29-15-12-23-49(54)48-22-10-13-27-52(48)65(70)71(63)56-31-17-30-55-62(56)68(58)40-67(55)61-46(41-18-6-4-7-19-41)25-16-26-47(61)42-20-8-5-9-21-42/h4-39H,1-3H3. The second kappa shape index (κ2) is 15.2. The molecule has 3 aliphatic heterocycles. The predicted molar refractivity (Wildman–Crippen MR) is 293 cm³/mol. The van der Waals surface area contributed by atoms with Crippen LogP contribution in [-0.2, 0) is 5.41 Å². The number of benzene rings is 9. The molecule has 0 unspecified atom stereocenters. The van der Waals surface area contributed by atoms with Crippen molar-refractivity contribution < 1.29 is 9.30 Å².